The third-order valence-corrected chi connectivity index (χ3v) is 3.49. The molecule has 1 rings (SSSR count). The van der Waals surface area contributed by atoms with Crippen LogP contribution in [0.1, 0.15) is 25.0 Å². The van der Waals surface area contributed by atoms with Crippen LogP contribution in [0.5, 0.6) is 0 Å². The summed E-state index contributed by atoms with van der Waals surface area (Å²) < 4.78 is 0. The lowest BCUT2D eigenvalue weighted by Crippen LogP contribution is -2.44. The molecule has 0 aliphatic rings. The van der Waals surface area contributed by atoms with Gasteiger partial charge in [-0.25, -0.2) is 5.84 Å². The molecule has 0 aliphatic carbocycles. The normalized spacial score (nSPS) is 14.3. The van der Waals surface area contributed by atoms with Crippen LogP contribution in [0, 0.1) is 12.8 Å². The van der Waals surface area contributed by atoms with Crippen molar-refractivity contribution in [3.63, 3.8) is 0 Å². The number of nitrogens with zero attached hydrogens (tertiary/aromatic N) is 1. The standard InChI is InChI=1S/C14H23N3O/c1-10-6-5-7-13(8-10)9-17(4)12(3)11(2)14(18)16-15/h5-8,11-12H,9,15H2,1-4H3,(H,16,18). The highest BCUT2D eigenvalue weighted by atomic mass is 16.2. The molecular formula is C14H23N3O. The molecule has 2 atom stereocenters. The first-order chi connectivity index (χ1) is 8.45. The minimum absolute atomic E-state index is 0.126. The van der Waals surface area contributed by atoms with Gasteiger partial charge in [-0.05, 0) is 26.5 Å². The molecule has 3 N–H and O–H groups in total. The number of carbonyl (C=O) groups excluding carboxylic acids is 1. The number of nitrogens with one attached hydrogen (secondary N) is 1. The Hall–Kier alpha value is -1.39. The molecule has 18 heavy (non-hydrogen) atoms. The van der Waals surface area contributed by atoms with Crippen molar-refractivity contribution in [3.05, 3.63) is 35.4 Å². The van der Waals surface area contributed by atoms with Crippen molar-refractivity contribution in [2.24, 2.45) is 11.8 Å². The van der Waals surface area contributed by atoms with Crippen LogP contribution >= 0.6 is 0 Å². The zero-order chi connectivity index (χ0) is 13.7. The number of hydrogen-bond donors (Lipinski definition) is 2. The Labute approximate surface area is 109 Å². The van der Waals surface area contributed by atoms with Gasteiger partial charge in [0.25, 0.3) is 0 Å². The molecule has 0 radical (unpaired) electrons. The van der Waals surface area contributed by atoms with E-state index in [9.17, 15) is 4.79 Å². The third kappa shape index (κ3) is 3.82. The zero-order valence-electron chi connectivity index (χ0n) is 11.6. The summed E-state index contributed by atoms with van der Waals surface area (Å²) in [5, 5.41) is 0. The molecule has 2 unspecified atom stereocenters. The van der Waals surface area contributed by atoms with Gasteiger partial charge in [0.1, 0.15) is 0 Å². The van der Waals surface area contributed by atoms with Crippen LogP contribution in [0.3, 0.4) is 0 Å². The Morgan fingerprint density at radius 3 is 2.67 bits per heavy atom. The molecule has 4 nitrogen and oxygen atoms in total. The average Bonchev–Trinajstić information content (AvgIpc) is 2.36. The Morgan fingerprint density at radius 1 is 1.44 bits per heavy atom. The van der Waals surface area contributed by atoms with E-state index < -0.39 is 0 Å². The fourth-order valence-electron chi connectivity index (χ4n) is 1.97. The van der Waals surface area contributed by atoms with E-state index in [-0.39, 0.29) is 17.9 Å². The van der Waals surface area contributed by atoms with Crippen molar-refractivity contribution in [2.75, 3.05) is 7.05 Å². The maximum atomic E-state index is 11.5. The lowest BCUT2D eigenvalue weighted by atomic mass is 10.0. The molecule has 1 amide bonds. The van der Waals surface area contributed by atoms with Gasteiger partial charge in [-0.1, -0.05) is 36.8 Å². The van der Waals surface area contributed by atoms with E-state index >= 15 is 0 Å². The number of benzene rings is 1. The highest BCUT2D eigenvalue weighted by molar-refractivity contribution is 5.78. The summed E-state index contributed by atoms with van der Waals surface area (Å²) in [5.74, 6) is 4.90. The minimum atomic E-state index is -0.134. The zero-order valence-corrected chi connectivity index (χ0v) is 11.6. The Balaban J connectivity index is 2.65. The van der Waals surface area contributed by atoms with Crippen molar-refractivity contribution in [1.29, 1.82) is 0 Å². The number of rotatable bonds is 5. The van der Waals surface area contributed by atoms with E-state index in [1.54, 1.807) is 0 Å². The van der Waals surface area contributed by atoms with Crippen molar-refractivity contribution in [3.8, 4) is 0 Å². The second-order valence-electron chi connectivity index (χ2n) is 4.94. The number of nitrogens with two attached hydrogens (primary N) is 1. The van der Waals surface area contributed by atoms with Crippen molar-refractivity contribution < 1.29 is 4.79 Å². The fourth-order valence-corrected chi connectivity index (χ4v) is 1.97. The Bertz CT molecular complexity index is 406. The fraction of sp³-hybridized carbons (Fsp3) is 0.500. The number of aryl methyl sites for hydroxylation is 1. The monoisotopic (exact) mass is 249 g/mol. The summed E-state index contributed by atoms with van der Waals surface area (Å²) in [4.78, 5) is 13.7. The van der Waals surface area contributed by atoms with Crippen molar-refractivity contribution in [2.45, 2.75) is 33.4 Å². The quantitative estimate of drug-likeness (QED) is 0.471. The largest absolute Gasteiger partial charge is 0.299 e. The van der Waals surface area contributed by atoms with Gasteiger partial charge in [-0.3, -0.25) is 15.1 Å². The number of amides is 1. The van der Waals surface area contributed by atoms with Gasteiger partial charge in [0, 0.05) is 12.6 Å². The van der Waals surface area contributed by atoms with Crippen molar-refractivity contribution in [1.82, 2.24) is 10.3 Å². The first-order valence-corrected chi connectivity index (χ1v) is 6.22. The molecule has 0 saturated heterocycles. The molecule has 0 aromatic heterocycles. The second-order valence-corrected chi connectivity index (χ2v) is 4.94. The summed E-state index contributed by atoms with van der Waals surface area (Å²) in [5.41, 5.74) is 4.71. The molecule has 0 bridgehead atoms. The topological polar surface area (TPSA) is 58.4 Å². The van der Waals surface area contributed by atoms with Gasteiger partial charge in [-0.15, -0.1) is 0 Å². The van der Waals surface area contributed by atoms with E-state index in [1.165, 1.54) is 11.1 Å². The maximum absolute atomic E-state index is 11.5. The molecule has 1 aromatic carbocycles. The highest BCUT2D eigenvalue weighted by Gasteiger charge is 2.22. The van der Waals surface area contributed by atoms with E-state index in [0.29, 0.717) is 0 Å². The van der Waals surface area contributed by atoms with Gasteiger partial charge >= 0.3 is 0 Å². The van der Waals surface area contributed by atoms with Crippen LogP contribution in [0.15, 0.2) is 24.3 Å². The highest BCUT2D eigenvalue weighted by Crippen LogP contribution is 2.13. The first kappa shape index (κ1) is 14.7. The molecule has 4 heteroatoms. The molecular weight excluding hydrogens is 226 g/mol. The second kappa shape index (κ2) is 6.52. The smallest absolute Gasteiger partial charge is 0.238 e. The van der Waals surface area contributed by atoms with Crippen LogP contribution in [0.4, 0.5) is 0 Å². The summed E-state index contributed by atoms with van der Waals surface area (Å²) >= 11 is 0. The van der Waals surface area contributed by atoms with E-state index in [0.717, 1.165) is 6.54 Å². The van der Waals surface area contributed by atoms with E-state index in [4.69, 9.17) is 5.84 Å². The lowest BCUT2D eigenvalue weighted by molar-refractivity contribution is -0.126. The molecule has 100 valence electrons. The van der Waals surface area contributed by atoms with Gasteiger partial charge in [-0.2, -0.15) is 0 Å². The predicted molar refractivity (Wildman–Crippen MR) is 73.6 cm³/mol. The van der Waals surface area contributed by atoms with Gasteiger partial charge in [0.15, 0.2) is 0 Å². The minimum Gasteiger partial charge on any atom is -0.299 e. The van der Waals surface area contributed by atoms with Crippen LogP contribution in [-0.4, -0.2) is 23.9 Å². The maximum Gasteiger partial charge on any atom is 0.238 e. The molecule has 0 aliphatic heterocycles. The molecule has 0 saturated carbocycles. The van der Waals surface area contributed by atoms with Crippen LogP contribution < -0.4 is 11.3 Å². The number of hydrazine groups is 1. The van der Waals surface area contributed by atoms with E-state index in [1.807, 2.05) is 20.9 Å². The third-order valence-electron chi connectivity index (χ3n) is 3.49. The van der Waals surface area contributed by atoms with Crippen LogP contribution in [0.2, 0.25) is 0 Å². The van der Waals surface area contributed by atoms with Gasteiger partial charge < -0.3 is 0 Å². The predicted octanol–water partition coefficient (Wildman–Crippen LogP) is 1.44. The van der Waals surface area contributed by atoms with E-state index in [2.05, 4.69) is 41.5 Å². The molecule has 0 heterocycles. The van der Waals surface area contributed by atoms with Crippen LogP contribution in [0.25, 0.3) is 0 Å². The van der Waals surface area contributed by atoms with Crippen LogP contribution in [-0.2, 0) is 11.3 Å². The summed E-state index contributed by atoms with van der Waals surface area (Å²) in [6.45, 7) is 6.83. The average molecular weight is 249 g/mol. The molecule has 0 spiro atoms. The molecule has 0 fully saturated rings. The number of carbonyl (C=O) groups is 1. The molecule has 1 aromatic rings. The summed E-state index contributed by atoms with van der Waals surface area (Å²) in [6, 6.07) is 8.53. The Morgan fingerprint density at radius 2 is 2.11 bits per heavy atom. The Kier molecular flexibility index (Phi) is 5.31. The summed E-state index contributed by atoms with van der Waals surface area (Å²) in [7, 11) is 2.02. The first-order valence-electron chi connectivity index (χ1n) is 6.22. The van der Waals surface area contributed by atoms with Gasteiger partial charge in [0.05, 0.1) is 5.92 Å². The van der Waals surface area contributed by atoms with Crippen molar-refractivity contribution >= 4 is 5.91 Å². The van der Waals surface area contributed by atoms with Gasteiger partial charge in [0.2, 0.25) is 5.91 Å². The number of hydrogen-bond acceptors (Lipinski definition) is 3. The SMILES string of the molecule is Cc1cccc(CN(C)C(C)C(C)C(=O)NN)c1. The summed E-state index contributed by atoms with van der Waals surface area (Å²) in [6.07, 6.45) is 0. The lowest BCUT2D eigenvalue weighted by Gasteiger charge is -2.28.